The van der Waals surface area contributed by atoms with Crippen LogP contribution >= 0.6 is 50.9 Å². The molecule has 8 heteroatoms. The molecular formula is C11H12BrCl2NO2S2. The van der Waals surface area contributed by atoms with E-state index >= 15 is 0 Å². The fraction of sp³-hybridized carbons (Fsp3) is 0.455. The van der Waals surface area contributed by atoms with Crippen LogP contribution in [0.3, 0.4) is 0 Å². The molecule has 0 bridgehead atoms. The summed E-state index contributed by atoms with van der Waals surface area (Å²) in [5, 5.41) is 0.224. The van der Waals surface area contributed by atoms with Crippen LogP contribution in [0.25, 0.3) is 0 Å². The van der Waals surface area contributed by atoms with Crippen molar-refractivity contribution >= 4 is 60.9 Å². The van der Waals surface area contributed by atoms with Crippen LogP contribution in [-0.4, -0.2) is 26.0 Å². The molecule has 0 aromatic heterocycles. The minimum Gasteiger partial charge on any atom is -0.210 e. The van der Waals surface area contributed by atoms with E-state index in [9.17, 15) is 8.42 Å². The molecule has 0 spiro atoms. The first-order chi connectivity index (χ1) is 8.80. The van der Waals surface area contributed by atoms with Gasteiger partial charge in [-0.25, -0.2) is 13.1 Å². The molecule has 0 amide bonds. The molecule has 2 rings (SSSR count). The third-order valence-corrected chi connectivity index (χ3v) is 7.26. The van der Waals surface area contributed by atoms with E-state index in [1.165, 1.54) is 12.1 Å². The predicted octanol–water partition coefficient (Wildman–Crippen LogP) is 3.93. The van der Waals surface area contributed by atoms with E-state index in [1.807, 2.05) is 6.26 Å². The van der Waals surface area contributed by atoms with Gasteiger partial charge in [-0.2, -0.15) is 11.8 Å². The highest BCUT2D eigenvalue weighted by Gasteiger charge is 2.42. The van der Waals surface area contributed by atoms with Crippen LogP contribution in [0.15, 0.2) is 21.5 Å². The summed E-state index contributed by atoms with van der Waals surface area (Å²) in [5.41, 5.74) is 0. The van der Waals surface area contributed by atoms with Gasteiger partial charge < -0.3 is 0 Å². The van der Waals surface area contributed by atoms with Crippen molar-refractivity contribution < 1.29 is 8.42 Å². The van der Waals surface area contributed by atoms with Gasteiger partial charge in [0.2, 0.25) is 10.0 Å². The number of halogens is 3. The van der Waals surface area contributed by atoms with Gasteiger partial charge in [-0.3, -0.25) is 0 Å². The van der Waals surface area contributed by atoms with Gasteiger partial charge in [0.25, 0.3) is 0 Å². The van der Waals surface area contributed by atoms with E-state index in [2.05, 4.69) is 20.7 Å². The maximum absolute atomic E-state index is 12.3. The van der Waals surface area contributed by atoms with Crippen molar-refractivity contribution in [3.05, 3.63) is 26.7 Å². The van der Waals surface area contributed by atoms with Crippen LogP contribution in [0.5, 0.6) is 0 Å². The average Bonchev–Trinajstić information content (AvgIpc) is 3.05. The number of benzene rings is 1. The molecule has 0 saturated heterocycles. The Bertz CT molecular complexity index is 580. The number of rotatable bonds is 5. The van der Waals surface area contributed by atoms with Crippen molar-refractivity contribution in [2.75, 3.05) is 12.8 Å². The minimum absolute atomic E-state index is 0.0430. The molecule has 1 N–H and O–H groups in total. The van der Waals surface area contributed by atoms with Gasteiger partial charge in [0.15, 0.2) is 0 Å². The Kier molecular flexibility index (Phi) is 4.80. The molecule has 1 aromatic carbocycles. The molecule has 0 atom stereocenters. The Hall–Kier alpha value is 0.540. The molecule has 19 heavy (non-hydrogen) atoms. The van der Waals surface area contributed by atoms with E-state index in [0.717, 1.165) is 12.8 Å². The molecule has 0 aliphatic heterocycles. The largest absolute Gasteiger partial charge is 0.243 e. The first kappa shape index (κ1) is 15.9. The van der Waals surface area contributed by atoms with Gasteiger partial charge in [0.1, 0.15) is 4.90 Å². The van der Waals surface area contributed by atoms with Gasteiger partial charge >= 0.3 is 0 Å². The lowest BCUT2D eigenvalue weighted by molar-refractivity contribution is 0.580. The normalized spacial score (nSPS) is 17.5. The first-order valence-electron chi connectivity index (χ1n) is 5.49. The number of hydrogen-bond acceptors (Lipinski definition) is 3. The number of sulfonamides is 1. The van der Waals surface area contributed by atoms with Crippen molar-refractivity contribution in [2.24, 2.45) is 0 Å². The highest BCUT2D eigenvalue weighted by molar-refractivity contribution is 9.10. The van der Waals surface area contributed by atoms with Crippen LogP contribution in [0, 0.1) is 0 Å². The Balaban J connectivity index is 2.25. The molecule has 0 heterocycles. The van der Waals surface area contributed by atoms with Crippen LogP contribution in [0.4, 0.5) is 0 Å². The highest BCUT2D eigenvalue weighted by Crippen LogP contribution is 2.46. The van der Waals surface area contributed by atoms with Gasteiger partial charge in [0.05, 0.1) is 10.0 Å². The van der Waals surface area contributed by atoms with Crippen molar-refractivity contribution in [3.63, 3.8) is 0 Å². The van der Waals surface area contributed by atoms with E-state index in [4.69, 9.17) is 23.2 Å². The van der Waals surface area contributed by atoms with Gasteiger partial charge in [-0.05, 0) is 31.2 Å². The minimum atomic E-state index is -3.69. The lowest BCUT2D eigenvalue weighted by Crippen LogP contribution is -2.32. The Morgan fingerprint density at radius 1 is 1.37 bits per heavy atom. The fourth-order valence-electron chi connectivity index (χ4n) is 1.68. The molecule has 0 unspecified atom stereocenters. The SMILES string of the molecule is CSC1(CNS(=O)(=O)c2c(Cl)cc(Br)cc2Cl)CC1. The molecule has 3 nitrogen and oxygen atoms in total. The molecular weight excluding hydrogens is 393 g/mol. The zero-order chi connectivity index (χ0) is 14.3. The van der Waals surface area contributed by atoms with Crippen molar-refractivity contribution in [3.8, 4) is 0 Å². The van der Waals surface area contributed by atoms with E-state index < -0.39 is 10.0 Å². The lowest BCUT2D eigenvalue weighted by Gasteiger charge is -2.15. The Labute approximate surface area is 135 Å². The lowest BCUT2D eigenvalue weighted by atomic mass is 10.4. The van der Waals surface area contributed by atoms with Crippen LogP contribution in [0.1, 0.15) is 12.8 Å². The van der Waals surface area contributed by atoms with Gasteiger partial charge in [-0.15, -0.1) is 0 Å². The van der Waals surface area contributed by atoms with Gasteiger partial charge in [0, 0.05) is 15.8 Å². The zero-order valence-corrected chi connectivity index (χ0v) is 14.8. The third kappa shape index (κ3) is 3.60. The van der Waals surface area contributed by atoms with Crippen LogP contribution in [0.2, 0.25) is 10.0 Å². The summed E-state index contributed by atoms with van der Waals surface area (Å²) < 4.78 is 27.8. The summed E-state index contributed by atoms with van der Waals surface area (Å²) in [6.45, 7) is 0.402. The van der Waals surface area contributed by atoms with Crippen molar-refractivity contribution in [1.82, 2.24) is 4.72 Å². The average molecular weight is 405 g/mol. The molecule has 1 saturated carbocycles. The molecule has 1 aromatic rings. The third-order valence-electron chi connectivity index (χ3n) is 3.06. The summed E-state index contributed by atoms with van der Waals surface area (Å²) in [6, 6.07) is 3.03. The molecule has 1 aliphatic carbocycles. The smallest absolute Gasteiger partial charge is 0.210 e. The first-order valence-corrected chi connectivity index (χ1v) is 9.75. The Morgan fingerprint density at radius 3 is 2.32 bits per heavy atom. The van der Waals surface area contributed by atoms with E-state index in [-0.39, 0.29) is 19.7 Å². The second kappa shape index (κ2) is 5.73. The van der Waals surface area contributed by atoms with E-state index in [1.54, 1.807) is 11.8 Å². The highest BCUT2D eigenvalue weighted by atomic mass is 79.9. The predicted molar refractivity (Wildman–Crippen MR) is 84.8 cm³/mol. The zero-order valence-electron chi connectivity index (χ0n) is 10.0. The summed E-state index contributed by atoms with van der Waals surface area (Å²) in [5.74, 6) is 0. The summed E-state index contributed by atoms with van der Waals surface area (Å²) in [4.78, 5) is -0.0593. The van der Waals surface area contributed by atoms with Crippen molar-refractivity contribution in [2.45, 2.75) is 22.5 Å². The molecule has 1 fully saturated rings. The van der Waals surface area contributed by atoms with Gasteiger partial charge in [-0.1, -0.05) is 39.1 Å². The summed E-state index contributed by atoms with van der Waals surface area (Å²) >= 11 is 16.9. The van der Waals surface area contributed by atoms with Crippen molar-refractivity contribution in [1.29, 1.82) is 0 Å². The second-order valence-corrected chi connectivity index (χ2v) is 9.12. The molecule has 0 radical (unpaired) electrons. The molecule has 106 valence electrons. The maximum atomic E-state index is 12.3. The summed E-state index contributed by atoms with van der Waals surface area (Å²) in [7, 11) is -3.69. The maximum Gasteiger partial charge on any atom is 0.243 e. The number of nitrogens with one attached hydrogen (secondary N) is 1. The number of thioether (sulfide) groups is 1. The van der Waals surface area contributed by atoms with E-state index in [0.29, 0.717) is 11.0 Å². The second-order valence-electron chi connectivity index (χ2n) is 4.41. The van der Waals surface area contributed by atoms with Crippen LogP contribution < -0.4 is 4.72 Å². The Morgan fingerprint density at radius 2 is 1.89 bits per heavy atom. The number of hydrogen-bond donors (Lipinski definition) is 1. The standard InChI is InChI=1S/C11H12BrCl2NO2S2/c1-18-11(2-3-11)6-15-19(16,17)10-8(13)4-7(12)5-9(10)14/h4-5,15H,2-3,6H2,1H3. The van der Waals surface area contributed by atoms with Crippen LogP contribution in [-0.2, 0) is 10.0 Å². The molecule has 1 aliphatic rings. The topological polar surface area (TPSA) is 46.2 Å². The quantitative estimate of drug-likeness (QED) is 0.808. The monoisotopic (exact) mass is 403 g/mol. The fourth-order valence-corrected chi connectivity index (χ4v) is 5.55. The summed E-state index contributed by atoms with van der Waals surface area (Å²) in [6.07, 6.45) is 4.04.